The van der Waals surface area contributed by atoms with E-state index in [0.29, 0.717) is 22.3 Å². The van der Waals surface area contributed by atoms with E-state index in [-0.39, 0.29) is 5.60 Å². The minimum Gasteiger partial charge on any atom is -0.484 e. The first kappa shape index (κ1) is 17.5. The van der Waals surface area contributed by atoms with Crippen molar-refractivity contribution in [3.63, 3.8) is 0 Å². The maximum absolute atomic E-state index is 12.5. The Balaban J connectivity index is 1.37. The van der Waals surface area contributed by atoms with Crippen LogP contribution < -0.4 is 5.32 Å². The Hall–Kier alpha value is -1.63. The van der Waals surface area contributed by atoms with Crippen LogP contribution in [-0.4, -0.2) is 60.0 Å². The van der Waals surface area contributed by atoms with E-state index in [4.69, 9.17) is 4.74 Å². The molecule has 3 heterocycles. The average molecular weight is 385 g/mol. The lowest BCUT2D eigenvalue weighted by Crippen LogP contribution is -2.53. The molecule has 0 saturated carbocycles. The van der Waals surface area contributed by atoms with E-state index in [1.54, 1.807) is 12.1 Å². The van der Waals surface area contributed by atoms with Crippen LogP contribution in [0.2, 0.25) is 0 Å². The third kappa shape index (κ3) is 2.94. The molecular weight excluding hydrogens is 360 g/mol. The number of Topliss-reactive ketones (excluding diaryl/α,β-unsaturated/α-hetero) is 2. The molecule has 0 radical (unpaired) electrons. The molecule has 3 aliphatic heterocycles. The summed E-state index contributed by atoms with van der Waals surface area (Å²) in [7, 11) is 0. The summed E-state index contributed by atoms with van der Waals surface area (Å²) in [5.74, 6) is 0.585. The van der Waals surface area contributed by atoms with Gasteiger partial charge >= 0.3 is 0 Å². The van der Waals surface area contributed by atoms with E-state index in [2.05, 4.69) is 10.2 Å². The number of benzene rings is 1. The minimum absolute atomic E-state index is 0.222. The molecule has 5 nitrogen and oxygen atoms in total. The van der Waals surface area contributed by atoms with Crippen LogP contribution in [0.25, 0.3) is 5.76 Å². The van der Waals surface area contributed by atoms with Crippen molar-refractivity contribution in [2.24, 2.45) is 0 Å². The van der Waals surface area contributed by atoms with Gasteiger partial charge in [0.15, 0.2) is 0 Å². The summed E-state index contributed by atoms with van der Waals surface area (Å²) in [6.07, 6.45) is 4.40. The number of nitrogens with zero attached hydrogens (tertiary/aromatic N) is 1. The lowest BCUT2D eigenvalue weighted by Gasteiger charge is -2.47. The van der Waals surface area contributed by atoms with E-state index in [9.17, 15) is 9.59 Å². The number of thioether (sulfide) groups is 1. The van der Waals surface area contributed by atoms with Crippen LogP contribution in [0.1, 0.15) is 41.6 Å². The second-order valence-corrected chi connectivity index (χ2v) is 8.94. The number of hydrogen-bond acceptors (Lipinski definition) is 6. The number of carbonyl (C=O) groups is 2. The van der Waals surface area contributed by atoms with Crippen LogP contribution in [0.3, 0.4) is 0 Å². The lowest BCUT2D eigenvalue weighted by molar-refractivity contribution is -0.111. The zero-order valence-corrected chi connectivity index (χ0v) is 16.1. The van der Waals surface area contributed by atoms with Crippen LogP contribution in [0, 0.1) is 0 Å². The summed E-state index contributed by atoms with van der Waals surface area (Å²) >= 11 is 1.52. The molecule has 142 valence electrons. The Labute approximate surface area is 163 Å². The van der Waals surface area contributed by atoms with Crippen molar-refractivity contribution in [1.82, 2.24) is 10.2 Å². The van der Waals surface area contributed by atoms with Crippen molar-refractivity contribution in [3.05, 3.63) is 40.3 Å². The standard InChI is InChI=1S/C21H24N2O3S/c24-17-15-3-1-2-4-16(15)19-20(18(17)25)27-13-21(26-19)7-11-23(12-8-21)14-5-9-22-10-6-14/h1-4,14,22H,5-13H2. The number of ketones is 2. The molecule has 0 atom stereocenters. The van der Waals surface area contributed by atoms with Crippen molar-refractivity contribution in [1.29, 1.82) is 0 Å². The highest BCUT2D eigenvalue weighted by Crippen LogP contribution is 2.47. The SMILES string of the molecule is O=C1C(=O)c2ccccc2C2=C1SCC1(CCN(C3CCNCC3)CC1)O2. The second-order valence-electron chi connectivity index (χ2n) is 7.95. The molecule has 0 bridgehead atoms. The van der Waals surface area contributed by atoms with Gasteiger partial charge in [-0.25, -0.2) is 0 Å². The number of carbonyl (C=O) groups excluding carboxylic acids is 2. The summed E-state index contributed by atoms with van der Waals surface area (Å²) in [6, 6.07) is 8.03. The molecule has 1 spiro atoms. The number of fused-ring (bicyclic) bond motifs is 2. The molecule has 4 aliphatic rings. The third-order valence-corrected chi connectivity index (χ3v) is 7.70. The number of likely N-dealkylation sites (tertiary alicyclic amines) is 1. The quantitative estimate of drug-likeness (QED) is 0.751. The summed E-state index contributed by atoms with van der Waals surface area (Å²) in [5.41, 5.74) is 1.04. The Morgan fingerprint density at radius 3 is 2.48 bits per heavy atom. The number of ether oxygens (including phenoxy) is 1. The molecule has 1 aromatic carbocycles. The molecule has 6 heteroatoms. The van der Waals surface area contributed by atoms with Crippen molar-refractivity contribution < 1.29 is 14.3 Å². The normalized spacial score (nSPS) is 25.9. The van der Waals surface area contributed by atoms with Gasteiger partial charge in [-0.2, -0.15) is 0 Å². The van der Waals surface area contributed by atoms with E-state index in [1.165, 1.54) is 24.6 Å². The summed E-state index contributed by atoms with van der Waals surface area (Å²) in [5, 5.41) is 3.44. The summed E-state index contributed by atoms with van der Waals surface area (Å²) in [6.45, 7) is 4.31. The van der Waals surface area contributed by atoms with Gasteiger partial charge in [-0.1, -0.05) is 24.3 Å². The monoisotopic (exact) mass is 384 g/mol. The number of piperidine rings is 2. The molecular formula is C21H24N2O3S. The highest BCUT2D eigenvalue weighted by Gasteiger charge is 2.46. The summed E-state index contributed by atoms with van der Waals surface area (Å²) in [4.78, 5) is 28.0. The smallest absolute Gasteiger partial charge is 0.243 e. The molecule has 27 heavy (non-hydrogen) atoms. The first-order valence-corrected chi connectivity index (χ1v) is 10.8. The van der Waals surface area contributed by atoms with Crippen LogP contribution in [-0.2, 0) is 9.53 Å². The number of hydrogen-bond donors (Lipinski definition) is 1. The first-order chi connectivity index (χ1) is 13.2. The topological polar surface area (TPSA) is 58.6 Å². The molecule has 5 rings (SSSR count). The molecule has 0 unspecified atom stereocenters. The predicted molar refractivity (Wildman–Crippen MR) is 106 cm³/mol. The molecule has 0 amide bonds. The van der Waals surface area contributed by atoms with Gasteiger partial charge in [-0.15, -0.1) is 11.8 Å². The van der Waals surface area contributed by atoms with Gasteiger partial charge < -0.3 is 10.1 Å². The predicted octanol–water partition coefficient (Wildman–Crippen LogP) is 2.47. The van der Waals surface area contributed by atoms with Crippen LogP contribution in [0.4, 0.5) is 0 Å². The Morgan fingerprint density at radius 2 is 1.74 bits per heavy atom. The molecule has 2 fully saturated rings. The maximum atomic E-state index is 12.5. The average Bonchev–Trinajstić information content (AvgIpc) is 2.73. The van der Waals surface area contributed by atoms with E-state index < -0.39 is 11.6 Å². The lowest BCUT2D eigenvalue weighted by atomic mass is 9.89. The van der Waals surface area contributed by atoms with E-state index in [1.807, 2.05) is 12.1 Å². The summed E-state index contributed by atoms with van der Waals surface area (Å²) < 4.78 is 6.55. The van der Waals surface area contributed by atoms with Crippen molar-refractivity contribution >= 4 is 29.1 Å². The zero-order valence-electron chi connectivity index (χ0n) is 15.3. The van der Waals surface area contributed by atoms with Crippen molar-refractivity contribution in [2.45, 2.75) is 37.3 Å². The van der Waals surface area contributed by atoms with Crippen LogP contribution in [0.15, 0.2) is 29.2 Å². The van der Waals surface area contributed by atoms with Gasteiger partial charge in [0.25, 0.3) is 0 Å². The van der Waals surface area contributed by atoms with Gasteiger partial charge in [0.2, 0.25) is 11.6 Å². The Kier molecular flexibility index (Phi) is 4.37. The van der Waals surface area contributed by atoms with E-state index >= 15 is 0 Å². The molecule has 1 aromatic rings. The number of nitrogens with one attached hydrogen (secondary N) is 1. The number of allylic oxidation sites excluding steroid dienone is 1. The van der Waals surface area contributed by atoms with Crippen LogP contribution in [0.5, 0.6) is 0 Å². The third-order valence-electron chi connectivity index (χ3n) is 6.37. The maximum Gasteiger partial charge on any atom is 0.243 e. The minimum atomic E-state index is -0.407. The van der Waals surface area contributed by atoms with Crippen molar-refractivity contribution in [2.75, 3.05) is 31.9 Å². The van der Waals surface area contributed by atoms with Gasteiger partial charge in [0.05, 0.1) is 0 Å². The van der Waals surface area contributed by atoms with E-state index in [0.717, 1.165) is 50.3 Å². The fourth-order valence-electron chi connectivity index (χ4n) is 4.73. The zero-order chi connectivity index (χ0) is 18.4. The highest BCUT2D eigenvalue weighted by molar-refractivity contribution is 8.04. The Bertz CT molecular complexity index is 820. The van der Waals surface area contributed by atoms with Crippen LogP contribution >= 0.6 is 11.8 Å². The fraction of sp³-hybridized carbons (Fsp3) is 0.524. The molecule has 1 N–H and O–H groups in total. The molecule has 0 aromatic heterocycles. The Morgan fingerprint density at radius 1 is 1.04 bits per heavy atom. The van der Waals surface area contributed by atoms with Gasteiger partial charge in [-0.3, -0.25) is 14.5 Å². The largest absolute Gasteiger partial charge is 0.484 e. The fourth-order valence-corrected chi connectivity index (χ4v) is 5.99. The van der Waals surface area contributed by atoms with Gasteiger partial charge in [-0.05, 0) is 25.9 Å². The number of rotatable bonds is 1. The van der Waals surface area contributed by atoms with Crippen molar-refractivity contribution in [3.8, 4) is 0 Å². The second kappa shape index (κ2) is 6.76. The van der Waals surface area contributed by atoms with Gasteiger partial charge in [0.1, 0.15) is 16.3 Å². The highest BCUT2D eigenvalue weighted by atomic mass is 32.2. The first-order valence-electron chi connectivity index (χ1n) is 9.86. The van der Waals surface area contributed by atoms with Gasteiger partial charge in [0, 0.05) is 48.9 Å². The molecule has 2 saturated heterocycles. The molecule has 1 aliphatic carbocycles.